The largest absolute Gasteiger partial charge is 0.323 e. The molecule has 2 unspecified atom stereocenters. The Hall–Kier alpha value is -3.14. The van der Waals surface area contributed by atoms with Gasteiger partial charge in [-0.15, -0.1) is 5.10 Å². The number of carbonyl (C=O) groups excluding carboxylic acids is 2. The Morgan fingerprint density at radius 3 is 2.45 bits per heavy atom. The quantitative estimate of drug-likeness (QED) is 0.718. The van der Waals surface area contributed by atoms with Gasteiger partial charge < -0.3 is 4.90 Å². The van der Waals surface area contributed by atoms with Gasteiger partial charge in [-0.2, -0.15) is 0 Å². The summed E-state index contributed by atoms with van der Waals surface area (Å²) in [4.78, 5) is 46.2. The molecule has 1 fully saturated rings. The van der Waals surface area contributed by atoms with Gasteiger partial charge in [-0.3, -0.25) is 29.4 Å². The van der Waals surface area contributed by atoms with Crippen LogP contribution in [0.5, 0.6) is 0 Å². The Kier molecular flexibility index (Phi) is 5.27. The topological polar surface area (TPSA) is 90.2 Å². The number of nitrogens with zero attached hydrogens (tertiary/aromatic N) is 5. The second-order valence-corrected chi connectivity index (χ2v) is 9.80. The van der Waals surface area contributed by atoms with E-state index in [1.54, 1.807) is 19.3 Å². The van der Waals surface area contributed by atoms with Crippen LogP contribution in [0.2, 0.25) is 0 Å². The first kappa shape index (κ1) is 21.7. The average Bonchev–Trinajstić information content (AvgIpc) is 3.37. The van der Waals surface area contributed by atoms with E-state index >= 15 is 0 Å². The van der Waals surface area contributed by atoms with Crippen molar-refractivity contribution < 1.29 is 9.59 Å². The molecule has 9 nitrogen and oxygen atoms in total. The van der Waals surface area contributed by atoms with Crippen molar-refractivity contribution in [2.45, 2.75) is 58.9 Å². The van der Waals surface area contributed by atoms with Gasteiger partial charge in [0.1, 0.15) is 4.53 Å². The zero-order valence-corrected chi connectivity index (χ0v) is 20.1. The first-order valence-electron chi connectivity index (χ1n) is 11.5. The number of hydrogen-bond acceptors (Lipinski definition) is 6. The molecule has 5 rings (SSSR count). The van der Waals surface area contributed by atoms with Crippen molar-refractivity contribution in [1.82, 2.24) is 19.8 Å². The normalized spacial score (nSPS) is 23.0. The van der Waals surface area contributed by atoms with Crippen LogP contribution in [-0.4, -0.2) is 51.6 Å². The molecule has 0 spiro atoms. The molecule has 0 bridgehead atoms. The van der Waals surface area contributed by atoms with Crippen molar-refractivity contribution in [3.8, 4) is 0 Å². The lowest BCUT2D eigenvalue weighted by Gasteiger charge is -2.30. The molecule has 1 aromatic heterocycles. The average molecular weight is 469 g/mol. The van der Waals surface area contributed by atoms with Crippen LogP contribution in [0, 0.1) is 0 Å². The number of nitrogens with one attached hydrogen (secondary N) is 1. The minimum atomic E-state index is -0.498. The first-order valence-corrected chi connectivity index (χ1v) is 12.3. The lowest BCUT2D eigenvalue weighted by Crippen LogP contribution is -2.53. The van der Waals surface area contributed by atoms with Crippen molar-refractivity contribution in [2.24, 2.45) is 5.10 Å². The predicted molar refractivity (Wildman–Crippen MR) is 126 cm³/mol. The maximum atomic E-state index is 13.8. The lowest BCUT2D eigenvalue weighted by molar-refractivity contribution is -0.113. The Morgan fingerprint density at radius 1 is 1.06 bits per heavy atom. The number of anilines is 1. The highest BCUT2D eigenvalue weighted by molar-refractivity contribution is 7.07. The summed E-state index contributed by atoms with van der Waals surface area (Å²) < 4.78 is 1.97. The zero-order chi connectivity index (χ0) is 23.4. The molecule has 0 radical (unpaired) electrons. The minimum Gasteiger partial charge on any atom is -0.305 e. The number of para-hydroxylation sites is 1. The van der Waals surface area contributed by atoms with Gasteiger partial charge >= 0.3 is 6.03 Å². The molecule has 0 aliphatic carbocycles. The van der Waals surface area contributed by atoms with Gasteiger partial charge in [-0.1, -0.05) is 43.4 Å². The van der Waals surface area contributed by atoms with Crippen LogP contribution >= 0.6 is 11.3 Å². The third-order valence-corrected chi connectivity index (χ3v) is 7.39. The summed E-state index contributed by atoms with van der Waals surface area (Å²) in [5, 5.41) is 4.46. The fourth-order valence-electron chi connectivity index (χ4n) is 5.03. The van der Waals surface area contributed by atoms with E-state index in [2.05, 4.69) is 10.5 Å². The van der Waals surface area contributed by atoms with Gasteiger partial charge in [0.2, 0.25) is 4.80 Å². The summed E-state index contributed by atoms with van der Waals surface area (Å²) >= 11 is 1.21. The molecule has 3 aliphatic rings. The van der Waals surface area contributed by atoms with E-state index < -0.39 is 12.3 Å². The van der Waals surface area contributed by atoms with Crippen molar-refractivity contribution in [3.63, 3.8) is 0 Å². The molecular weight excluding hydrogens is 440 g/mol. The Morgan fingerprint density at radius 2 is 1.76 bits per heavy atom. The third kappa shape index (κ3) is 3.03. The van der Waals surface area contributed by atoms with Crippen molar-refractivity contribution in [2.75, 3.05) is 18.0 Å². The van der Waals surface area contributed by atoms with E-state index in [9.17, 15) is 14.4 Å². The Labute approximate surface area is 195 Å². The zero-order valence-electron chi connectivity index (χ0n) is 19.2. The SMILES string of the molecule is CCCN1C(=O)N(CCC)C2C1NN=c1s/c(=C3\C(=O)N(C(C)C)c4ccccc43)c(=O)n12. The summed E-state index contributed by atoms with van der Waals surface area (Å²) in [5.74, 6) is -0.174. The highest BCUT2D eigenvalue weighted by Gasteiger charge is 2.49. The maximum Gasteiger partial charge on any atom is 0.323 e. The number of aromatic nitrogens is 1. The van der Waals surface area contributed by atoms with Crippen LogP contribution in [0.15, 0.2) is 34.2 Å². The minimum absolute atomic E-state index is 0.0423. The van der Waals surface area contributed by atoms with E-state index in [0.717, 1.165) is 24.1 Å². The first-order chi connectivity index (χ1) is 15.9. The van der Waals surface area contributed by atoms with Gasteiger partial charge in [-0.05, 0) is 32.8 Å². The molecule has 4 heterocycles. The van der Waals surface area contributed by atoms with E-state index in [4.69, 9.17) is 0 Å². The number of thiazole rings is 1. The summed E-state index contributed by atoms with van der Waals surface area (Å²) in [7, 11) is 0. The molecule has 0 saturated carbocycles. The maximum absolute atomic E-state index is 13.8. The smallest absolute Gasteiger partial charge is 0.305 e. The molecule has 3 amide bonds. The number of fused-ring (bicyclic) bond motifs is 4. The Balaban J connectivity index is 1.74. The highest BCUT2D eigenvalue weighted by atomic mass is 32.1. The molecular formula is C23H28N6O3S. The Bertz CT molecular complexity index is 1310. The number of carbonyl (C=O) groups is 2. The fourth-order valence-corrected chi connectivity index (χ4v) is 6.09. The number of benzene rings is 1. The van der Waals surface area contributed by atoms with Crippen LogP contribution in [0.3, 0.4) is 0 Å². The number of rotatable bonds is 5. The van der Waals surface area contributed by atoms with Crippen LogP contribution in [-0.2, 0) is 4.79 Å². The van der Waals surface area contributed by atoms with E-state index in [1.165, 1.54) is 11.3 Å². The van der Waals surface area contributed by atoms with Crippen LogP contribution in [0.25, 0.3) is 5.57 Å². The molecule has 1 N–H and O–H groups in total. The van der Waals surface area contributed by atoms with Crippen LogP contribution in [0.4, 0.5) is 10.5 Å². The van der Waals surface area contributed by atoms with Gasteiger partial charge in [0.05, 0.1) is 11.3 Å². The number of hydrogen-bond donors (Lipinski definition) is 1. The van der Waals surface area contributed by atoms with E-state index in [0.29, 0.717) is 28.0 Å². The summed E-state index contributed by atoms with van der Waals surface area (Å²) in [6, 6.07) is 7.44. The summed E-state index contributed by atoms with van der Waals surface area (Å²) in [6.45, 7) is 9.07. The fraction of sp³-hybridized carbons (Fsp3) is 0.478. The van der Waals surface area contributed by atoms with E-state index in [1.807, 2.05) is 52.0 Å². The number of urea groups is 1. The van der Waals surface area contributed by atoms with Crippen LogP contribution < -0.4 is 25.2 Å². The van der Waals surface area contributed by atoms with Crippen molar-refractivity contribution in [1.29, 1.82) is 0 Å². The molecule has 2 aromatic rings. The van der Waals surface area contributed by atoms with Crippen molar-refractivity contribution >= 4 is 34.5 Å². The highest BCUT2D eigenvalue weighted by Crippen LogP contribution is 2.36. The summed E-state index contributed by atoms with van der Waals surface area (Å²) in [6.07, 6.45) is 0.671. The number of amides is 3. The molecule has 1 saturated heterocycles. The molecule has 174 valence electrons. The van der Waals surface area contributed by atoms with Crippen LogP contribution in [0.1, 0.15) is 52.3 Å². The van der Waals surface area contributed by atoms with Gasteiger partial charge in [0, 0.05) is 24.7 Å². The predicted octanol–water partition coefficient (Wildman–Crippen LogP) is 1.38. The third-order valence-electron chi connectivity index (χ3n) is 6.34. The van der Waals surface area contributed by atoms with E-state index in [-0.39, 0.29) is 23.5 Å². The summed E-state index contributed by atoms with van der Waals surface area (Å²) in [5.41, 5.74) is 4.83. The molecule has 10 heteroatoms. The molecule has 3 aliphatic heterocycles. The molecule has 33 heavy (non-hydrogen) atoms. The molecule has 1 aromatic carbocycles. The van der Waals surface area contributed by atoms with Gasteiger partial charge in [0.15, 0.2) is 12.3 Å². The monoisotopic (exact) mass is 468 g/mol. The van der Waals surface area contributed by atoms with Gasteiger partial charge in [-0.25, -0.2) is 4.79 Å². The lowest BCUT2D eigenvalue weighted by atomic mass is 10.1. The second-order valence-electron chi connectivity index (χ2n) is 8.82. The standard InChI is InChI=1S/C23H28N6O3S/c1-5-11-26-18-19(27(12-6-2)23(26)32)29-21(31)17(33-22(29)25-24-18)16-14-9-7-8-10-15(14)28(13(3)4)20(16)30/h7-10,13,18-19,24H,5-6,11-12H2,1-4H3/b17-16-. The van der Waals surface area contributed by atoms with Gasteiger partial charge in [0.25, 0.3) is 11.5 Å². The second kappa shape index (κ2) is 8.02. The van der Waals surface area contributed by atoms with Crippen molar-refractivity contribution in [3.05, 3.63) is 49.5 Å². The molecule has 2 atom stereocenters.